The van der Waals surface area contributed by atoms with Crippen LogP contribution in [0.25, 0.3) is 0 Å². The molecular weight excluding hydrogens is 567 g/mol. The number of nitrogens with zero attached hydrogens (tertiary/aromatic N) is 2. The number of aliphatic imine (C=N–C) groups is 1. The number of rotatable bonds is 11. The molecule has 0 saturated carbocycles. The number of aryl methyl sites for hydroxylation is 1. The molecule has 3 aromatic carbocycles. The zero-order chi connectivity index (χ0) is 24.2. The lowest BCUT2D eigenvalue weighted by molar-refractivity contribution is 0.405. The molecule has 0 aromatic heterocycles. The van der Waals surface area contributed by atoms with Crippen molar-refractivity contribution in [1.29, 1.82) is 0 Å². The van der Waals surface area contributed by atoms with Crippen LogP contribution in [0.5, 0.6) is 11.5 Å². The summed E-state index contributed by atoms with van der Waals surface area (Å²) in [5.41, 5.74) is 4.80. The molecule has 0 N–H and O–H groups in total. The number of hydrogen-bond acceptors (Lipinski definition) is 4. The van der Waals surface area contributed by atoms with Crippen molar-refractivity contribution in [3.05, 3.63) is 89.5 Å². The molecule has 188 valence electrons. The lowest BCUT2D eigenvalue weighted by atomic mass is 10.1. The van der Waals surface area contributed by atoms with E-state index < -0.39 is 0 Å². The van der Waals surface area contributed by atoms with Crippen molar-refractivity contribution in [2.75, 3.05) is 20.0 Å². The zero-order valence-corrected chi connectivity index (χ0v) is 24.3. The summed E-state index contributed by atoms with van der Waals surface area (Å²) < 4.78 is 10.7. The largest absolute Gasteiger partial charge is 0.497 e. The average Bonchev–Trinajstić information content (AvgIpc) is 2.88. The number of benzene rings is 3. The van der Waals surface area contributed by atoms with Gasteiger partial charge in [0.25, 0.3) is 0 Å². The summed E-state index contributed by atoms with van der Waals surface area (Å²) >= 11 is 1.78. The van der Waals surface area contributed by atoms with Crippen LogP contribution in [0.1, 0.15) is 43.4 Å². The molecule has 0 fully saturated rings. The third-order valence-corrected chi connectivity index (χ3v) is 6.49. The van der Waals surface area contributed by atoms with E-state index in [0.29, 0.717) is 0 Å². The van der Waals surface area contributed by atoms with Crippen LogP contribution in [0, 0.1) is 0 Å². The minimum Gasteiger partial charge on any atom is -0.497 e. The Labute approximate surface area is 232 Å². The molecule has 0 atom stereocenters. The normalized spacial score (nSPS) is 11.0. The van der Waals surface area contributed by atoms with E-state index in [1.165, 1.54) is 29.5 Å². The molecule has 0 unspecified atom stereocenters. The molecule has 0 aliphatic heterocycles. The van der Waals surface area contributed by atoms with Crippen LogP contribution in [0.15, 0.2) is 77.8 Å². The van der Waals surface area contributed by atoms with Crippen molar-refractivity contribution in [2.45, 2.75) is 46.2 Å². The second kappa shape index (κ2) is 15.7. The Kier molecular flexibility index (Phi) is 13.1. The molecule has 3 rings (SSSR count). The van der Waals surface area contributed by atoms with Crippen LogP contribution in [-0.2, 0) is 19.5 Å². The van der Waals surface area contributed by atoms with Gasteiger partial charge in [-0.05, 0) is 71.7 Å². The highest BCUT2D eigenvalue weighted by Crippen LogP contribution is 2.24. The van der Waals surface area contributed by atoms with Crippen molar-refractivity contribution in [3.8, 4) is 11.5 Å². The van der Waals surface area contributed by atoms with Gasteiger partial charge in [-0.2, -0.15) is 0 Å². The molecule has 0 radical (unpaired) electrons. The number of thioether (sulfide) groups is 1. The fraction of sp³-hybridized carbons (Fsp3) is 0.345. The second-order valence-electron chi connectivity index (χ2n) is 8.15. The van der Waals surface area contributed by atoms with E-state index in [-0.39, 0.29) is 24.0 Å². The smallest absolute Gasteiger partial charge is 0.164 e. The van der Waals surface area contributed by atoms with E-state index in [9.17, 15) is 0 Å². The molecule has 0 saturated heterocycles. The Balaban J connectivity index is 0.00000432. The number of ether oxygens (including phenoxy) is 2. The van der Waals surface area contributed by atoms with Gasteiger partial charge in [-0.25, -0.2) is 4.99 Å². The van der Waals surface area contributed by atoms with Gasteiger partial charge in [0.15, 0.2) is 5.17 Å². The number of unbranched alkanes of at least 4 members (excludes halogenated alkanes) is 1. The lowest BCUT2D eigenvalue weighted by Crippen LogP contribution is -2.28. The maximum absolute atomic E-state index is 5.34. The van der Waals surface area contributed by atoms with Crippen molar-refractivity contribution in [3.63, 3.8) is 0 Å². The standard InChI is InChI=1S/C29H36N2O2S.HI/c1-5-7-8-23-9-15-26(16-10-23)30-29(34-6-2)31(21-24-11-17-27(32-3)18-12-24)22-25-13-19-28(33-4)20-14-25;/h9-20H,5-8,21-22H2,1-4H3;1H. The van der Waals surface area contributed by atoms with E-state index in [1.54, 1.807) is 26.0 Å². The first-order valence-electron chi connectivity index (χ1n) is 12.0. The summed E-state index contributed by atoms with van der Waals surface area (Å²) in [6.45, 7) is 5.92. The second-order valence-corrected chi connectivity index (χ2v) is 9.38. The highest BCUT2D eigenvalue weighted by atomic mass is 127. The number of hydrogen-bond donors (Lipinski definition) is 0. The lowest BCUT2D eigenvalue weighted by Gasteiger charge is -2.26. The Bertz CT molecular complexity index is 973. The van der Waals surface area contributed by atoms with Crippen molar-refractivity contribution < 1.29 is 9.47 Å². The summed E-state index contributed by atoms with van der Waals surface area (Å²) in [5.74, 6) is 2.69. The number of methoxy groups -OCH3 is 2. The van der Waals surface area contributed by atoms with Gasteiger partial charge in [0.1, 0.15) is 11.5 Å². The van der Waals surface area contributed by atoms with Gasteiger partial charge in [-0.15, -0.1) is 24.0 Å². The summed E-state index contributed by atoms with van der Waals surface area (Å²) in [5, 5.41) is 1.02. The molecule has 3 aromatic rings. The summed E-state index contributed by atoms with van der Waals surface area (Å²) in [4.78, 5) is 7.44. The highest BCUT2D eigenvalue weighted by molar-refractivity contribution is 14.0. The van der Waals surface area contributed by atoms with E-state index in [2.05, 4.69) is 67.3 Å². The topological polar surface area (TPSA) is 34.1 Å². The molecule has 0 aliphatic rings. The van der Waals surface area contributed by atoms with Crippen molar-refractivity contribution in [2.24, 2.45) is 4.99 Å². The molecule has 35 heavy (non-hydrogen) atoms. The quantitative estimate of drug-likeness (QED) is 0.126. The van der Waals surface area contributed by atoms with Gasteiger partial charge in [-0.1, -0.05) is 68.4 Å². The molecule has 0 bridgehead atoms. The fourth-order valence-electron chi connectivity index (χ4n) is 3.65. The Morgan fingerprint density at radius 2 is 1.23 bits per heavy atom. The van der Waals surface area contributed by atoms with Crippen LogP contribution in [0.4, 0.5) is 5.69 Å². The molecular formula is C29H37IN2O2S. The highest BCUT2D eigenvalue weighted by Gasteiger charge is 2.14. The van der Waals surface area contributed by atoms with Gasteiger partial charge < -0.3 is 14.4 Å². The first-order valence-corrected chi connectivity index (χ1v) is 12.9. The minimum absolute atomic E-state index is 0. The predicted octanol–water partition coefficient (Wildman–Crippen LogP) is 8.11. The van der Waals surface area contributed by atoms with Gasteiger partial charge in [-0.3, -0.25) is 0 Å². The summed E-state index contributed by atoms with van der Waals surface area (Å²) in [6, 6.07) is 25.2. The Morgan fingerprint density at radius 1 is 0.743 bits per heavy atom. The fourth-order valence-corrected chi connectivity index (χ4v) is 4.39. The monoisotopic (exact) mass is 604 g/mol. The van der Waals surface area contributed by atoms with Gasteiger partial charge in [0.2, 0.25) is 0 Å². The van der Waals surface area contributed by atoms with E-state index in [0.717, 1.165) is 47.6 Å². The number of amidine groups is 1. The zero-order valence-electron chi connectivity index (χ0n) is 21.2. The van der Waals surface area contributed by atoms with Gasteiger partial charge in [0, 0.05) is 13.1 Å². The Hall–Kier alpha value is -2.19. The maximum atomic E-state index is 5.34. The van der Waals surface area contributed by atoms with E-state index in [4.69, 9.17) is 14.5 Å². The van der Waals surface area contributed by atoms with E-state index >= 15 is 0 Å². The summed E-state index contributed by atoms with van der Waals surface area (Å²) in [6.07, 6.45) is 3.55. The van der Waals surface area contributed by atoms with Crippen molar-refractivity contribution in [1.82, 2.24) is 4.90 Å². The first-order chi connectivity index (χ1) is 16.6. The van der Waals surface area contributed by atoms with Gasteiger partial charge in [0.05, 0.1) is 19.9 Å². The SMILES string of the molecule is CCCCc1ccc(N=C(SCC)N(Cc2ccc(OC)cc2)Cc2ccc(OC)cc2)cc1.I. The molecule has 4 nitrogen and oxygen atoms in total. The number of halogens is 1. The third-order valence-electron chi connectivity index (χ3n) is 5.59. The third kappa shape index (κ3) is 9.41. The summed E-state index contributed by atoms with van der Waals surface area (Å²) in [7, 11) is 3.39. The van der Waals surface area contributed by atoms with Crippen LogP contribution < -0.4 is 9.47 Å². The predicted molar refractivity (Wildman–Crippen MR) is 161 cm³/mol. The van der Waals surface area contributed by atoms with Crippen LogP contribution >= 0.6 is 35.7 Å². The minimum atomic E-state index is 0. The van der Waals surface area contributed by atoms with Gasteiger partial charge >= 0.3 is 0 Å². The molecule has 0 aliphatic carbocycles. The molecule has 0 heterocycles. The maximum Gasteiger partial charge on any atom is 0.164 e. The molecule has 0 spiro atoms. The molecule has 0 amide bonds. The van der Waals surface area contributed by atoms with Crippen LogP contribution in [0.2, 0.25) is 0 Å². The van der Waals surface area contributed by atoms with E-state index in [1.807, 2.05) is 24.3 Å². The average molecular weight is 605 g/mol. The van der Waals surface area contributed by atoms with Crippen molar-refractivity contribution >= 4 is 46.6 Å². The Morgan fingerprint density at radius 3 is 1.66 bits per heavy atom. The molecule has 6 heteroatoms. The van der Waals surface area contributed by atoms with Crippen LogP contribution in [-0.4, -0.2) is 30.0 Å². The van der Waals surface area contributed by atoms with Crippen LogP contribution in [0.3, 0.4) is 0 Å². The first kappa shape index (κ1) is 29.0.